The summed E-state index contributed by atoms with van der Waals surface area (Å²) in [5.41, 5.74) is 1.37. The summed E-state index contributed by atoms with van der Waals surface area (Å²) in [6.07, 6.45) is 9.32. The summed E-state index contributed by atoms with van der Waals surface area (Å²) in [5, 5.41) is 0. The van der Waals surface area contributed by atoms with Gasteiger partial charge in [0.25, 0.3) is 0 Å². The molecule has 1 rings (SSSR count). The first-order valence-electron chi connectivity index (χ1n) is 18.8. The Hall–Kier alpha value is -1.91. The highest BCUT2D eigenvalue weighted by Crippen LogP contribution is 2.15. The third kappa shape index (κ3) is 34.9. The van der Waals surface area contributed by atoms with Gasteiger partial charge in [0.1, 0.15) is 12.4 Å². The summed E-state index contributed by atoms with van der Waals surface area (Å²) in [4.78, 5) is 10.9. The van der Waals surface area contributed by atoms with Gasteiger partial charge in [0.05, 0.1) is 146 Å². The molecule has 0 unspecified atom stereocenters. The molecule has 0 atom stereocenters. The van der Waals surface area contributed by atoms with Crippen molar-refractivity contribution in [2.45, 2.75) is 58.3 Å². The Morgan fingerprint density at radius 1 is 0.431 bits per heavy atom. The fraction of sp³-hybridized carbons (Fsp3) is 0.816. The smallest absolute Gasteiger partial charge is 0.307 e. The van der Waals surface area contributed by atoms with E-state index < -0.39 is 0 Å². The topological polar surface area (TPSA) is 128 Å². The van der Waals surface area contributed by atoms with Gasteiger partial charge in [-0.05, 0) is 30.5 Å². The molecule has 1 aromatic rings. The number of unbranched alkanes of at least 4 members (excludes halogenated alkanes) is 5. The molecule has 51 heavy (non-hydrogen) atoms. The van der Waals surface area contributed by atoms with Crippen LogP contribution >= 0.6 is 0 Å². The van der Waals surface area contributed by atoms with Crippen molar-refractivity contribution in [2.24, 2.45) is 0 Å². The van der Waals surface area contributed by atoms with Gasteiger partial charge in [-0.15, -0.1) is 0 Å². The van der Waals surface area contributed by atoms with Crippen LogP contribution < -0.4 is 4.74 Å². The Bertz CT molecular complexity index is 844. The van der Waals surface area contributed by atoms with E-state index in [2.05, 4.69) is 23.8 Å². The average molecular weight is 733 g/mol. The third-order valence-corrected chi connectivity index (χ3v) is 7.27. The number of rotatable bonds is 41. The maximum absolute atomic E-state index is 10.9. The molecule has 0 saturated heterocycles. The molecular formula is C38H68O13. The number of hydrogen-bond acceptors (Lipinski definition) is 13. The lowest BCUT2D eigenvalue weighted by Crippen LogP contribution is -2.15. The first-order chi connectivity index (χ1) is 25.3. The summed E-state index contributed by atoms with van der Waals surface area (Å²) in [7, 11) is 1.35. The van der Waals surface area contributed by atoms with Gasteiger partial charge < -0.3 is 56.8 Å². The van der Waals surface area contributed by atoms with Gasteiger partial charge in [-0.1, -0.05) is 51.2 Å². The lowest BCUT2D eigenvalue weighted by Gasteiger charge is -2.09. The number of benzene rings is 1. The second-order valence-electron chi connectivity index (χ2n) is 11.5. The minimum Gasteiger partial charge on any atom is -0.491 e. The van der Waals surface area contributed by atoms with Gasteiger partial charge in [-0.25, -0.2) is 0 Å². The van der Waals surface area contributed by atoms with Crippen LogP contribution in [0.25, 0.3) is 0 Å². The fourth-order valence-corrected chi connectivity index (χ4v) is 4.42. The zero-order valence-corrected chi connectivity index (χ0v) is 31.6. The maximum atomic E-state index is 10.9. The summed E-state index contributed by atoms with van der Waals surface area (Å²) in [6, 6.07) is 8.42. The van der Waals surface area contributed by atoms with Gasteiger partial charge in [-0.2, -0.15) is 0 Å². The van der Waals surface area contributed by atoms with Gasteiger partial charge in [0.15, 0.2) is 0 Å². The van der Waals surface area contributed by atoms with Crippen molar-refractivity contribution in [3.8, 4) is 5.75 Å². The van der Waals surface area contributed by atoms with Gasteiger partial charge in [0.2, 0.25) is 0 Å². The number of carbonyl (C=O) groups is 1. The second-order valence-corrected chi connectivity index (χ2v) is 11.5. The molecule has 0 radical (unpaired) electrons. The number of ether oxygens (including phenoxy) is 12. The molecule has 0 bridgehead atoms. The molecule has 0 aromatic heterocycles. The summed E-state index contributed by atoms with van der Waals surface area (Å²) >= 11 is 0. The second kappa shape index (κ2) is 39.3. The predicted molar refractivity (Wildman–Crippen MR) is 194 cm³/mol. The van der Waals surface area contributed by atoms with Crippen LogP contribution in [-0.2, 0) is 63.3 Å². The molecule has 0 spiro atoms. The molecule has 0 N–H and O–H groups in total. The molecule has 0 amide bonds. The van der Waals surface area contributed by atoms with Crippen molar-refractivity contribution in [3.63, 3.8) is 0 Å². The molecule has 0 heterocycles. The minimum absolute atomic E-state index is 0.245. The molecule has 13 nitrogen and oxygen atoms in total. The normalized spacial score (nSPS) is 11.3. The van der Waals surface area contributed by atoms with E-state index in [0.29, 0.717) is 139 Å². The quantitative estimate of drug-likeness (QED) is 0.0683. The fourth-order valence-electron chi connectivity index (χ4n) is 4.42. The summed E-state index contributed by atoms with van der Waals surface area (Å²) in [5.74, 6) is 0.597. The molecular weight excluding hydrogens is 664 g/mol. The lowest BCUT2D eigenvalue weighted by atomic mass is 10.0. The largest absolute Gasteiger partial charge is 0.491 e. The van der Waals surface area contributed by atoms with Crippen LogP contribution in [0.2, 0.25) is 0 Å². The lowest BCUT2D eigenvalue weighted by molar-refractivity contribution is -0.141. The Balaban J connectivity index is 1.68. The molecule has 0 saturated carbocycles. The number of methoxy groups -OCH3 is 1. The van der Waals surface area contributed by atoms with E-state index in [9.17, 15) is 4.79 Å². The van der Waals surface area contributed by atoms with Crippen molar-refractivity contribution in [3.05, 3.63) is 29.8 Å². The van der Waals surface area contributed by atoms with Crippen LogP contribution in [0.15, 0.2) is 24.3 Å². The number of hydrogen-bond donors (Lipinski definition) is 0. The highest BCUT2D eigenvalue weighted by molar-refractivity contribution is 5.69. The monoisotopic (exact) mass is 732 g/mol. The highest BCUT2D eigenvalue weighted by atomic mass is 16.6. The van der Waals surface area contributed by atoms with E-state index in [1.807, 2.05) is 12.1 Å². The minimum atomic E-state index is -0.285. The summed E-state index contributed by atoms with van der Waals surface area (Å²) < 4.78 is 65.0. The molecule has 0 fully saturated rings. The molecule has 13 heteroatoms. The van der Waals surface area contributed by atoms with Gasteiger partial charge in [-0.3, -0.25) is 4.79 Å². The van der Waals surface area contributed by atoms with E-state index >= 15 is 0 Å². The molecule has 0 aliphatic heterocycles. The van der Waals surface area contributed by atoms with Crippen LogP contribution in [0.4, 0.5) is 0 Å². The zero-order chi connectivity index (χ0) is 36.6. The highest BCUT2D eigenvalue weighted by Gasteiger charge is 2.00. The Morgan fingerprint density at radius 2 is 0.765 bits per heavy atom. The number of carbonyl (C=O) groups excluding carboxylic acids is 1. The van der Waals surface area contributed by atoms with E-state index in [1.165, 1.54) is 51.2 Å². The predicted octanol–water partition coefficient (Wildman–Crippen LogP) is 4.70. The number of aryl methyl sites for hydroxylation is 1. The first-order valence-corrected chi connectivity index (χ1v) is 18.8. The van der Waals surface area contributed by atoms with Crippen LogP contribution in [0.3, 0.4) is 0 Å². The van der Waals surface area contributed by atoms with Crippen molar-refractivity contribution < 1.29 is 61.6 Å². The standard InChI is InChI=1S/C38H68O13/c1-3-4-5-6-7-8-9-36-10-12-37(13-11-36)51-35-34-50-33-32-49-31-30-48-29-28-47-27-26-46-25-24-45-23-22-44-21-20-43-19-18-42-17-16-41-15-14-38(39)40-2/h10-13H,3-9,14-35H2,1-2H3. The third-order valence-electron chi connectivity index (χ3n) is 7.27. The first kappa shape index (κ1) is 47.1. The molecule has 0 aliphatic carbocycles. The number of esters is 1. The Labute approximate surface area is 307 Å². The van der Waals surface area contributed by atoms with Gasteiger partial charge in [0, 0.05) is 0 Å². The van der Waals surface area contributed by atoms with E-state index in [0.717, 1.165) is 12.2 Å². The van der Waals surface area contributed by atoms with Crippen molar-refractivity contribution >= 4 is 5.97 Å². The van der Waals surface area contributed by atoms with Gasteiger partial charge >= 0.3 is 5.97 Å². The maximum Gasteiger partial charge on any atom is 0.307 e. The van der Waals surface area contributed by atoms with Crippen molar-refractivity contribution in [1.29, 1.82) is 0 Å². The zero-order valence-electron chi connectivity index (χ0n) is 31.6. The van der Waals surface area contributed by atoms with E-state index in [1.54, 1.807) is 0 Å². The van der Waals surface area contributed by atoms with Crippen LogP contribution in [0.1, 0.15) is 57.4 Å². The van der Waals surface area contributed by atoms with Crippen LogP contribution in [-0.4, -0.2) is 152 Å². The summed E-state index contributed by atoms with van der Waals surface area (Å²) in [6.45, 7) is 12.5. The van der Waals surface area contributed by atoms with Crippen LogP contribution in [0.5, 0.6) is 5.75 Å². The van der Waals surface area contributed by atoms with E-state index in [-0.39, 0.29) is 12.4 Å². The molecule has 0 aliphatic rings. The average Bonchev–Trinajstić information content (AvgIpc) is 3.15. The van der Waals surface area contributed by atoms with Crippen molar-refractivity contribution in [1.82, 2.24) is 0 Å². The molecule has 298 valence electrons. The SMILES string of the molecule is CCCCCCCCc1ccc(OCCOCCOCCOCCOCCOCCOCCOCCOCCOCCOCCC(=O)OC)cc1. The van der Waals surface area contributed by atoms with Crippen molar-refractivity contribution in [2.75, 3.05) is 146 Å². The Morgan fingerprint density at radius 3 is 1.14 bits per heavy atom. The van der Waals surface area contributed by atoms with Crippen LogP contribution in [0, 0.1) is 0 Å². The van der Waals surface area contributed by atoms with E-state index in [4.69, 9.17) is 52.1 Å². The molecule has 1 aromatic carbocycles. The Kier molecular flexibility index (Phi) is 36.3.